The van der Waals surface area contributed by atoms with Crippen molar-refractivity contribution in [2.24, 2.45) is 0 Å². The SMILES string of the molecule is CCN(Sc1ccccc1[N+](=O)[O-])C(C)(C)C. The Bertz CT molecular complexity index is 402. The van der Waals surface area contributed by atoms with Gasteiger partial charge >= 0.3 is 0 Å². The monoisotopic (exact) mass is 254 g/mol. The van der Waals surface area contributed by atoms with Crippen LogP contribution in [-0.4, -0.2) is 21.3 Å². The van der Waals surface area contributed by atoms with E-state index in [-0.39, 0.29) is 16.1 Å². The molecule has 0 aliphatic heterocycles. The maximum Gasteiger partial charge on any atom is 0.284 e. The van der Waals surface area contributed by atoms with Gasteiger partial charge in [-0.15, -0.1) is 0 Å². The molecule has 0 amide bonds. The van der Waals surface area contributed by atoms with E-state index in [1.807, 2.05) is 13.0 Å². The first-order valence-electron chi connectivity index (χ1n) is 5.55. The van der Waals surface area contributed by atoms with Crippen molar-refractivity contribution in [2.45, 2.75) is 38.1 Å². The Morgan fingerprint density at radius 2 is 1.94 bits per heavy atom. The highest BCUT2D eigenvalue weighted by molar-refractivity contribution is 7.97. The fraction of sp³-hybridized carbons (Fsp3) is 0.500. The summed E-state index contributed by atoms with van der Waals surface area (Å²) >= 11 is 1.44. The van der Waals surface area contributed by atoms with Gasteiger partial charge in [-0.05, 0) is 38.8 Å². The van der Waals surface area contributed by atoms with Crippen LogP contribution in [0.3, 0.4) is 0 Å². The van der Waals surface area contributed by atoms with E-state index in [2.05, 4.69) is 25.1 Å². The molecule has 1 aromatic carbocycles. The summed E-state index contributed by atoms with van der Waals surface area (Å²) in [7, 11) is 0. The molecule has 0 unspecified atom stereocenters. The summed E-state index contributed by atoms with van der Waals surface area (Å²) in [5.74, 6) is 0. The van der Waals surface area contributed by atoms with Crippen molar-refractivity contribution in [3.63, 3.8) is 0 Å². The van der Waals surface area contributed by atoms with Gasteiger partial charge in [-0.25, -0.2) is 4.31 Å². The lowest BCUT2D eigenvalue weighted by atomic mass is 10.1. The van der Waals surface area contributed by atoms with Gasteiger partial charge in [-0.3, -0.25) is 10.1 Å². The topological polar surface area (TPSA) is 46.4 Å². The number of rotatable bonds is 4. The van der Waals surface area contributed by atoms with Crippen LogP contribution >= 0.6 is 11.9 Å². The predicted octanol–water partition coefficient (Wildman–Crippen LogP) is 3.72. The number of hydrogen-bond donors (Lipinski definition) is 0. The zero-order valence-corrected chi connectivity index (χ0v) is 11.5. The van der Waals surface area contributed by atoms with E-state index in [0.29, 0.717) is 4.90 Å². The predicted molar refractivity (Wildman–Crippen MR) is 71.1 cm³/mol. The minimum Gasteiger partial charge on any atom is -0.258 e. The highest BCUT2D eigenvalue weighted by Gasteiger charge is 2.24. The van der Waals surface area contributed by atoms with E-state index in [9.17, 15) is 10.1 Å². The van der Waals surface area contributed by atoms with Gasteiger partial charge < -0.3 is 0 Å². The molecule has 5 heteroatoms. The number of nitrogens with zero attached hydrogens (tertiary/aromatic N) is 2. The number of para-hydroxylation sites is 1. The molecule has 0 atom stereocenters. The summed E-state index contributed by atoms with van der Waals surface area (Å²) < 4.78 is 2.13. The first kappa shape index (κ1) is 14.0. The molecule has 1 rings (SSSR count). The molecule has 0 fully saturated rings. The van der Waals surface area contributed by atoms with Gasteiger partial charge in [0.15, 0.2) is 0 Å². The van der Waals surface area contributed by atoms with E-state index in [4.69, 9.17) is 0 Å². The minimum atomic E-state index is -0.334. The number of nitro benzene ring substituents is 1. The molecule has 0 aromatic heterocycles. The quantitative estimate of drug-likeness (QED) is 0.466. The third kappa shape index (κ3) is 3.71. The summed E-state index contributed by atoms with van der Waals surface area (Å²) in [6.45, 7) is 9.17. The standard InChI is InChI=1S/C12H18N2O2S/c1-5-13(12(2,3)4)17-11-9-7-6-8-10(11)14(15)16/h6-9H,5H2,1-4H3. The van der Waals surface area contributed by atoms with Gasteiger partial charge in [0.1, 0.15) is 4.90 Å². The average Bonchev–Trinajstić information content (AvgIpc) is 2.24. The Balaban J connectivity index is 2.98. The first-order chi connectivity index (χ1) is 7.86. The average molecular weight is 254 g/mol. The number of nitro groups is 1. The second-order valence-corrected chi connectivity index (χ2v) is 5.74. The Morgan fingerprint density at radius 1 is 1.35 bits per heavy atom. The van der Waals surface area contributed by atoms with Crippen LogP contribution in [0.5, 0.6) is 0 Å². The van der Waals surface area contributed by atoms with Gasteiger partial charge in [-0.2, -0.15) is 0 Å². The molecule has 0 N–H and O–H groups in total. The van der Waals surface area contributed by atoms with Crippen LogP contribution in [0.25, 0.3) is 0 Å². The molecule has 0 radical (unpaired) electrons. The third-order valence-corrected chi connectivity index (χ3v) is 3.87. The van der Waals surface area contributed by atoms with Crippen LogP contribution in [0.4, 0.5) is 5.69 Å². The Kier molecular flexibility index (Phi) is 4.54. The van der Waals surface area contributed by atoms with Crippen molar-refractivity contribution >= 4 is 17.6 Å². The van der Waals surface area contributed by atoms with Gasteiger partial charge in [0, 0.05) is 18.2 Å². The third-order valence-electron chi connectivity index (χ3n) is 2.31. The molecular weight excluding hydrogens is 236 g/mol. The highest BCUT2D eigenvalue weighted by Crippen LogP contribution is 2.34. The van der Waals surface area contributed by atoms with Crippen molar-refractivity contribution in [2.75, 3.05) is 6.54 Å². The van der Waals surface area contributed by atoms with Crippen LogP contribution in [0.1, 0.15) is 27.7 Å². The maximum absolute atomic E-state index is 10.9. The van der Waals surface area contributed by atoms with E-state index in [0.717, 1.165) is 6.54 Å². The van der Waals surface area contributed by atoms with Gasteiger partial charge in [0.25, 0.3) is 5.69 Å². The van der Waals surface area contributed by atoms with Crippen molar-refractivity contribution in [1.82, 2.24) is 4.31 Å². The Morgan fingerprint density at radius 3 is 2.41 bits per heavy atom. The Hall–Kier alpha value is -1.07. The normalized spacial score (nSPS) is 11.8. The summed E-state index contributed by atoms with van der Waals surface area (Å²) in [4.78, 5) is 11.3. The van der Waals surface area contributed by atoms with Crippen LogP contribution in [0, 0.1) is 10.1 Å². The molecule has 0 bridgehead atoms. The molecule has 1 aromatic rings. The van der Waals surface area contributed by atoms with Gasteiger partial charge in [0.05, 0.1) is 4.92 Å². The summed E-state index contributed by atoms with van der Waals surface area (Å²) in [6.07, 6.45) is 0. The largest absolute Gasteiger partial charge is 0.284 e. The van der Waals surface area contributed by atoms with E-state index in [1.54, 1.807) is 18.2 Å². The summed E-state index contributed by atoms with van der Waals surface area (Å²) in [5, 5.41) is 10.9. The van der Waals surface area contributed by atoms with Crippen molar-refractivity contribution in [3.05, 3.63) is 34.4 Å². The molecule has 0 saturated heterocycles. The molecule has 0 heterocycles. The second kappa shape index (κ2) is 5.51. The molecule has 4 nitrogen and oxygen atoms in total. The lowest BCUT2D eigenvalue weighted by Gasteiger charge is -2.33. The fourth-order valence-electron chi connectivity index (χ4n) is 1.48. The summed E-state index contributed by atoms with van der Waals surface area (Å²) in [6, 6.07) is 6.84. The van der Waals surface area contributed by atoms with Gasteiger partial charge in [0.2, 0.25) is 0 Å². The van der Waals surface area contributed by atoms with Crippen molar-refractivity contribution < 1.29 is 4.92 Å². The lowest BCUT2D eigenvalue weighted by molar-refractivity contribution is -0.387. The zero-order valence-electron chi connectivity index (χ0n) is 10.6. The zero-order chi connectivity index (χ0) is 13.1. The van der Waals surface area contributed by atoms with E-state index in [1.165, 1.54) is 11.9 Å². The smallest absolute Gasteiger partial charge is 0.258 e. The van der Waals surface area contributed by atoms with Gasteiger partial charge in [-0.1, -0.05) is 19.1 Å². The molecule has 17 heavy (non-hydrogen) atoms. The molecule has 0 spiro atoms. The first-order valence-corrected chi connectivity index (χ1v) is 6.32. The summed E-state index contributed by atoms with van der Waals surface area (Å²) in [5.41, 5.74) is 0.142. The maximum atomic E-state index is 10.9. The second-order valence-electron chi connectivity index (χ2n) is 4.68. The number of hydrogen-bond acceptors (Lipinski definition) is 4. The van der Waals surface area contributed by atoms with Crippen LogP contribution in [-0.2, 0) is 0 Å². The van der Waals surface area contributed by atoms with Crippen LogP contribution in [0.15, 0.2) is 29.2 Å². The lowest BCUT2D eigenvalue weighted by Crippen LogP contribution is -2.35. The van der Waals surface area contributed by atoms with Crippen LogP contribution in [0.2, 0.25) is 0 Å². The van der Waals surface area contributed by atoms with Crippen LogP contribution < -0.4 is 0 Å². The van der Waals surface area contributed by atoms with E-state index < -0.39 is 0 Å². The Labute approximate surface area is 106 Å². The van der Waals surface area contributed by atoms with Crippen molar-refractivity contribution in [3.8, 4) is 0 Å². The molecule has 0 saturated carbocycles. The minimum absolute atomic E-state index is 0.0247. The van der Waals surface area contributed by atoms with E-state index >= 15 is 0 Å². The fourth-order valence-corrected chi connectivity index (χ4v) is 2.50. The molecule has 94 valence electrons. The van der Waals surface area contributed by atoms with Crippen molar-refractivity contribution in [1.29, 1.82) is 0 Å². The molecular formula is C12H18N2O2S. The molecule has 0 aliphatic rings. The molecule has 0 aliphatic carbocycles. The number of benzene rings is 1. The highest BCUT2D eigenvalue weighted by atomic mass is 32.2.